The molecule has 0 aliphatic carbocycles. The Hall–Kier alpha value is -2.37. The van der Waals surface area contributed by atoms with Crippen LogP contribution in [0.25, 0.3) is 0 Å². The zero-order valence-corrected chi connectivity index (χ0v) is 11.3. The topological polar surface area (TPSA) is 80.0 Å². The molecule has 0 aliphatic rings. The summed E-state index contributed by atoms with van der Waals surface area (Å²) in [7, 11) is 3.72. The second-order valence-electron chi connectivity index (χ2n) is 4.49. The molecule has 1 unspecified atom stereocenters. The molecule has 6 nitrogen and oxygen atoms in total. The molecule has 1 heterocycles. The second-order valence-corrected chi connectivity index (χ2v) is 4.49. The summed E-state index contributed by atoms with van der Waals surface area (Å²) >= 11 is 0. The van der Waals surface area contributed by atoms with Gasteiger partial charge in [0.15, 0.2) is 0 Å². The smallest absolute Gasteiger partial charge is 0.231 e. The van der Waals surface area contributed by atoms with Crippen LogP contribution < -0.4 is 16.0 Å². The van der Waals surface area contributed by atoms with Crippen LogP contribution in [-0.2, 0) is 0 Å². The Balaban J connectivity index is 2.19. The molecule has 0 saturated carbocycles. The van der Waals surface area contributed by atoms with Gasteiger partial charge in [0.05, 0.1) is 6.04 Å². The zero-order chi connectivity index (χ0) is 13.8. The summed E-state index contributed by atoms with van der Waals surface area (Å²) in [6, 6.07) is 10.2. The largest absolute Gasteiger partial charge is 0.368 e. The van der Waals surface area contributed by atoms with Gasteiger partial charge >= 0.3 is 0 Å². The Morgan fingerprint density at radius 2 is 1.79 bits per heavy atom. The van der Waals surface area contributed by atoms with Crippen molar-refractivity contribution in [2.75, 3.05) is 30.0 Å². The van der Waals surface area contributed by atoms with Crippen LogP contribution in [0.5, 0.6) is 0 Å². The number of nitrogens with zero attached hydrogens (tertiary/aromatic N) is 4. The highest BCUT2D eigenvalue weighted by atomic mass is 15.3. The van der Waals surface area contributed by atoms with E-state index < -0.39 is 0 Å². The van der Waals surface area contributed by atoms with E-state index in [0.717, 1.165) is 5.56 Å². The van der Waals surface area contributed by atoms with Gasteiger partial charge in [-0.15, -0.1) is 0 Å². The number of hydrogen-bond donors (Lipinski definition) is 2. The summed E-state index contributed by atoms with van der Waals surface area (Å²) in [5.74, 6) is 1.23. The summed E-state index contributed by atoms with van der Waals surface area (Å²) in [6.07, 6.45) is 0. The summed E-state index contributed by atoms with van der Waals surface area (Å²) in [4.78, 5) is 14.3. The van der Waals surface area contributed by atoms with Crippen LogP contribution in [0.2, 0.25) is 0 Å². The normalized spacial score (nSPS) is 11.9. The van der Waals surface area contributed by atoms with Gasteiger partial charge in [-0.2, -0.15) is 15.0 Å². The molecular weight excluding hydrogens is 240 g/mol. The van der Waals surface area contributed by atoms with Crippen LogP contribution in [0.4, 0.5) is 17.8 Å². The first-order chi connectivity index (χ1) is 9.06. The lowest BCUT2D eigenvalue weighted by molar-refractivity contribution is 0.850. The van der Waals surface area contributed by atoms with Gasteiger partial charge in [-0.05, 0) is 12.5 Å². The second kappa shape index (κ2) is 5.51. The molecule has 0 aliphatic heterocycles. The molecule has 3 N–H and O–H groups in total. The number of nitrogens with two attached hydrogens (primary N) is 1. The molecule has 0 spiro atoms. The molecule has 0 fully saturated rings. The third-order valence-corrected chi connectivity index (χ3v) is 2.69. The maximum Gasteiger partial charge on any atom is 0.231 e. The number of rotatable bonds is 4. The van der Waals surface area contributed by atoms with Gasteiger partial charge < -0.3 is 16.0 Å². The Morgan fingerprint density at radius 3 is 2.42 bits per heavy atom. The van der Waals surface area contributed by atoms with Crippen LogP contribution in [0, 0.1) is 0 Å². The summed E-state index contributed by atoms with van der Waals surface area (Å²) in [5, 5.41) is 3.23. The fourth-order valence-corrected chi connectivity index (χ4v) is 1.66. The molecule has 0 saturated heterocycles. The van der Waals surface area contributed by atoms with Crippen LogP contribution in [0.1, 0.15) is 18.5 Å². The van der Waals surface area contributed by atoms with Crippen molar-refractivity contribution in [3.8, 4) is 0 Å². The molecule has 0 amide bonds. The molecular formula is C13H18N6. The van der Waals surface area contributed by atoms with E-state index in [0.29, 0.717) is 11.9 Å². The predicted molar refractivity (Wildman–Crippen MR) is 77.0 cm³/mol. The zero-order valence-electron chi connectivity index (χ0n) is 11.3. The number of benzene rings is 1. The minimum Gasteiger partial charge on any atom is -0.368 e. The van der Waals surface area contributed by atoms with E-state index in [1.807, 2.05) is 39.2 Å². The maximum atomic E-state index is 5.68. The first-order valence-corrected chi connectivity index (χ1v) is 6.06. The van der Waals surface area contributed by atoms with E-state index >= 15 is 0 Å². The lowest BCUT2D eigenvalue weighted by Crippen LogP contribution is -2.17. The molecule has 100 valence electrons. The van der Waals surface area contributed by atoms with E-state index in [9.17, 15) is 0 Å². The molecule has 0 bridgehead atoms. The Morgan fingerprint density at radius 1 is 1.11 bits per heavy atom. The Bertz CT molecular complexity index is 540. The molecule has 2 aromatic rings. The highest BCUT2D eigenvalue weighted by Crippen LogP contribution is 2.17. The number of anilines is 3. The fraction of sp³-hybridized carbons (Fsp3) is 0.308. The van der Waals surface area contributed by atoms with Crippen molar-refractivity contribution in [2.45, 2.75) is 13.0 Å². The first-order valence-electron chi connectivity index (χ1n) is 6.06. The Labute approximate surface area is 112 Å². The van der Waals surface area contributed by atoms with Gasteiger partial charge in [-0.1, -0.05) is 30.3 Å². The third-order valence-electron chi connectivity index (χ3n) is 2.69. The van der Waals surface area contributed by atoms with Crippen LogP contribution >= 0.6 is 0 Å². The lowest BCUT2D eigenvalue weighted by Gasteiger charge is -2.16. The minimum atomic E-state index is 0.0954. The van der Waals surface area contributed by atoms with E-state index in [2.05, 4.69) is 32.4 Å². The van der Waals surface area contributed by atoms with Gasteiger partial charge in [0, 0.05) is 14.1 Å². The number of nitrogen functional groups attached to an aromatic ring is 1. The summed E-state index contributed by atoms with van der Waals surface area (Å²) < 4.78 is 0. The average molecular weight is 258 g/mol. The van der Waals surface area contributed by atoms with Gasteiger partial charge in [-0.3, -0.25) is 0 Å². The van der Waals surface area contributed by atoms with Crippen LogP contribution in [-0.4, -0.2) is 29.0 Å². The van der Waals surface area contributed by atoms with E-state index in [1.165, 1.54) is 0 Å². The van der Waals surface area contributed by atoms with Crippen molar-refractivity contribution in [3.05, 3.63) is 35.9 Å². The van der Waals surface area contributed by atoms with Crippen molar-refractivity contribution in [1.29, 1.82) is 0 Å². The number of nitrogens with one attached hydrogen (secondary N) is 1. The molecule has 0 radical (unpaired) electrons. The SMILES string of the molecule is CC(Nc1nc(N)nc(N(C)C)n1)c1ccccc1. The molecule has 1 aromatic heterocycles. The summed E-state index contributed by atoms with van der Waals surface area (Å²) in [5.41, 5.74) is 6.84. The number of aromatic nitrogens is 3. The van der Waals surface area contributed by atoms with Gasteiger partial charge in [0.25, 0.3) is 0 Å². The lowest BCUT2D eigenvalue weighted by atomic mass is 10.1. The minimum absolute atomic E-state index is 0.0954. The van der Waals surface area contributed by atoms with Crippen molar-refractivity contribution in [3.63, 3.8) is 0 Å². The van der Waals surface area contributed by atoms with Gasteiger partial charge in [0.2, 0.25) is 17.8 Å². The maximum absolute atomic E-state index is 5.68. The quantitative estimate of drug-likeness (QED) is 0.868. The van der Waals surface area contributed by atoms with E-state index in [4.69, 9.17) is 5.73 Å². The van der Waals surface area contributed by atoms with Crippen LogP contribution in [0.3, 0.4) is 0 Å². The number of hydrogen-bond acceptors (Lipinski definition) is 6. The fourth-order valence-electron chi connectivity index (χ4n) is 1.66. The molecule has 1 aromatic carbocycles. The highest BCUT2D eigenvalue weighted by molar-refractivity contribution is 5.42. The highest BCUT2D eigenvalue weighted by Gasteiger charge is 2.10. The van der Waals surface area contributed by atoms with Crippen molar-refractivity contribution in [2.24, 2.45) is 0 Å². The average Bonchev–Trinajstić information content (AvgIpc) is 2.39. The van der Waals surface area contributed by atoms with E-state index in [-0.39, 0.29) is 12.0 Å². The molecule has 6 heteroatoms. The first kappa shape index (κ1) is 13.1. The third kappa shape index (κ3) is 3.31. The van der Waals surface area contributed by atoms with Crippen molar-refractivity contribution < 1.29 is 0 Å². The Kier molecular flexibility index (Phi) is 3.79. The van der Waals surface area contributed by atoms with Gasteiger partial charge in [0.1, 0.15) is 0 Å². The standard InChI is InChI=1S/C13H18N6/c1-9(10-7-5-4-6-8-10)15-12-16-11(14)17-13(18-12)19(2)3/h4-9H,1-3H3,(H3,14,15,16,17,18). The molecule has 2 rings (SSSR count). The van der Waals surface area contributed by atoms with Crippen molar-refractivity contribution in [1.82, 2.24) is 15.0 Å². The van der Waals surface area contributed by atoms with E-state index in [1.54, 1.807) is 4.90 Å². The van der Waals surface area contributed by atoms with Crippen LogP contribution in [0.15, 0.2) is 30.3 Å². The monoisotopic (exact) mass is 258 g/mol. The molecule has 19 heavy (non-hydrogen) atoms. The summed E-state index contributed by atoms with van der Waals surface area (Å²) in [6.45, 7) is 2.05. The molecule has 1 atom stereocenters. The predicted octanol–water partition coefficient (Wildman–Crippen LogP) is 1.69. The van der Waals surface area contributed by atoms with Gasteiger partial charge in [-0.25, -0.2) is 0 Å². The van der Waals surface area contributed by atoms with Crippen molar-refractivity contribution >= 4 is 17.8 Å².